The van der Waals surface area contributed by atoms with Crippen molar-refractivity contribution < 1.29 is 18.8 Å². The molecule has 2 aromatic rings. The van der Waals surface area contributed by atoms with Gasteiger partial charge in [-0.05, 0) is 63.3 Å². The Bertz CT molecular complexity index is 1250. The molecule has 37 heavy (non-hydrogen) atoms. The second-order valence-corrected chi connectivity index (χ2v) is 9.84. The van der Waals surface area contributed by atoms with Gasteiger partial charge in [-0.2, -0.15) is 5.26 Å². The number of amides is 3. The molecule has 196 valence electrons. The maximum absolute atomic E-state index is 13.5. The first kappa shape index (κ1) is 26.1. The quantitative estimate of drug-likeness (QED) is 0.437. The van der Waals surface area contributed by atoms with Crippen LogP contribution < -0.4 is 10.6 Å². The van der Waals surface area contributed by atoms with Gasteiger partial charge in [-0.15, -0.1) is 0 Å². The lowest BCUT2D eigenvalue weighted by Crippen LogP contribution is -2.49. The van der Waals surface area contributed by atoms with E-state index in [1.807, 2.05) is 36.1 Å². The fourth-order valence-corrected chi connectivity index (χ4v) is 4.80. The molecule has 1 atom stereocenters. The first-order valence-corrected chi connectivity index (χ1v) is 12.7. The van der Waals surface area contributed by atoms with Gasteiger partial charge in [-0.3, -0.25) is 14.4 Å². The zero-order valence-electron chi connectivity index (χ0n) is 21.7. The molecule has 0 radical (unpaired) electrons. The molecule has 0 spiro atoms. The van der Waals surface area contributed by atoms with Crippen molar-refractivity contribution in [2.75, 3.05) is 45.6 Å². The molecule has 2 saturated heterocycles. The summed E-state index contributed by atoms with van der Waals surface area (Å²) in [5.74, 6) is 0.199. The van der Waals surface area contributed by atoms with Gasteiger partial charge in [-0.1, -0.05) is 0 Å². The zero-order valence-corrected chi connectivity index (χ0v) is 21.7. The number of furan rings is 1. The number of anilines is 1. The van der Waals surface area contributed by atoms with Gasteiger partial charge in [-0.25, -0.2) is 0 Å². The van der Waals surface area contributed by atoms with Crippen molar-refractivity contribution >= 4 is 34.4 Å². The molecule has 0 bridgehead atoms. The number of likely N-dealkylation sites (tertiary alicyclic amines) is 2. The minimum Gasteiger partial charge on any atom is -0.461 e. The van der Waals surface area contributed by atoms with Gasteiger partial charge in [0.15, 0.2) is 5.57 Å². The van der Waals surface area contributed by atoms with Crippen LogP contribution in [0.1, 0.15) is 37.9 Å². The van der Waals surface area contributed by atoms with Crippen molar-refractivity contribution in [3.8, 4) is 6.07 Å². The van der Waals surface area contributed by atoms with Gasteiger partial charge in [0.1, 0.15) is 29.3 Å². The summed E-state index contributed by atoms with van der Waals surface area (Å²) >= 11 is 0. The number of carbonyl (C=O) groups excluding carboxylic acids is 3. The number of nitrogens with one attached hydrogen (secondary N) is 2. The molecular weight excluding hydrogens is 472 g/mol. The highest BCUT2D eigenvalue weighted by molar-refractivity contribution is 5.98. The van der Waals surface area contributed by atoms with Crippen LogP contribution in [0.5, 0.6) is 0 Å². The SMILES string of the molecule is Cc1cc2cc(N/C(N[C@H]3CCCCN(CC(=O)N4CCCC4)C3=O)=C(\C#N)C(=O)N(C)C)ccc2o1. The van der Waals surface area contributed by atoms with E-state index in [0.717, 1.165) is 55.5 Å². The summed E-state index contributed by atoms with van der Waals surface area (Å²) in [5.41, 5.74) is 1.23. The molecule has 2 N–H and O–H groups in total. The van der Waals surface area contributed by atoms with Gasteiger partial charge < -0.3 is 29.8 Å². The summed E-state index contributed by atoms with van der Waals surface area (Å²) in [6.45, 7) is 3.88. The number of hydrogen-bond donors (Lipinski definition) is 2. The standard InChI is InChI=1S/C27H34N6O4/c1-18-14-19-15-20(9-10-23(19)37-18)29-25(21(16-28)26(35)31(2)3)30-22-8-4-5-13-33(27(22)36)17-24(34)32-11-6-7-12-32/h9-10,14-15,22,29-30H,4-8,11-13,17H2,1-3H3/b25-21-/t22-/m0/s1. The fraction of sp³-hybridized carbons (Fsp3) is 0.481. The summed E-state index contributed by atoms with van der Waals surface area (Å²) in [4.78, 5) is 43.9. The Labute approximate surface area is 216 Å². The highest BCUT2D eigenvalue weighted by atomic mass is 16.3. The van der Waals surface area contributed by atoms with Crippen LogP contribution in [-0.2, 0) is 14.4 Å². The van der Waals surface area contributed by atoms with Crippen molar-refractivity contribution in [3.63, 3.8) is 0 Å². The van der Waals surface area contributed by atoms with Gasteiger partial charge >= 0.3 is 0 Å². The van der Waals surface area contributed by atoms with Crippen LogP contribution in [0.3, 0.4) is 0 Å². The summed E-state index contributed by atoms with van der Waals surface area (Å²) in [5, 5.41) is 17.1. The number of fused-ring (bicyclic) bond motifs is 1. The monoisotopic (exact) mass is 506 g/mol. The molecule has 2 fully saturated rings. The lowest BCUT2D eigenvalue weighted by molar-refractivity contribution is -0.140. The fourth-order valence-electron chi connectivity index (χ4n) is 4.80. The summed E-state index contributed by atoms with van der Waals surface area (Å²) in [6.07, 6.45) is 4.06. The van der Waals surface area contributed by atoms with Gasteiger partial charge in [0.2, 0.25) is 11.8 Å². The number of rotatable bonds is 7. The Morgan fingerprint density at radius 2 is 1.86 bits per heavy atom. The molecule has 0 saturated carbocycles. The Kier molecular flexibility index (Phi) is 8.01. The van der Waals surface area contributed by atoms with Crippen molar-refractivity contribution in [3.05, 3.63) is 41.4 Å². The highest BCUT2D eigenvalue weighted by Crippen LogP contribution is 2.24. The first-order valence-electron chi connectivity index (χ1n) is 12.7. The molecule has 3 heterocycles. The molecular formula is C27H34N6O4. The molecule has 10 nitrogen and oxygen atoms in total. The van der Waals surface area contributed by atoms with E-state index in [-0.39, 0.29) is 29.8 Å². The second kappa shape index (κ2) is 11.4. The van der Waals surface area contributed by atoms with Crippen LogP contribution in [-0.4, -0.2) is 78.7 Å². The molecule has 10 heteroatoms. The molecule has 2 aliphatic heterocycles. The molecule has 2 aliphatic rings. The topological polar surface area (TPSA) is 122 Å². The Balaban J connectivity index is 1.60. The minimum atomic E-state index is -0.686. The maximum Gasteiger partial charge on any atom is 0.267 e. The normalized spacial score (nSPS) is 18.8. The van der Waals surface area contributed by atoms with Crippen molar-refractivity contribution in [1.82, 2.24) is 20.0 Å². The molecule has 0 aliphatic carbocycles. The number of hydrogen-bond acceptors (Lipinski definition) is 7. The third-order valence-electron chi connectivity index (χ3n) is 6.77. The van der Waals surface area contributed by atoms with Crippen LogP contribution in [0.4, 0.5) is 5.69 Å². The van der Waals surface area contributed by atoms with Crippen LogP contribution in [0.2, 0.25) is 0 Å². The Hall–Kier alpha value is -4.00. The third kappa shape index (κ3) is 6.05. The van der Waals surface area contributed by atoms with E-state index in [1.165, 1.54) is 4.90 Å². The van der Waals surface area contributed by atoms with E-state index in [9.17, 15) is 19.6 Å². The largest absolute Gasteiger partial charge is 0.461 e. The average molecular weight is 507 g/mol. The molecule has 4 rings (SSSR count). The number of nitrogens with zero attached hydrogens (tertiary/aromatic N) is 4. The van der Waals surface area contributed by atoms with Crippen molar-refractivity contribution in [2.24, 2.45) is 0 Å². The van der Waals surface area contributed by atoms with Gasteiger partial charge in [0.25, 0.3) is 5.91 Å². The summed E-state index contributed by atoms with van der Waals surface area (Å²) < 4.78 is 5.65. The number of carbonyl (C=O) groups is 3. The molecule has 1 aromatic carbocycles. The zero-order chi connectivity index (χ0) is 26.5. The van der Waals surface area contributed by atoms with Crippen LogP contribution >= 0.6 is 0 Å². The molecule has 1 aromatic heterocycles. The van der Waals surface area contributed by atoms with E-state index in [4.69, 9.17) is 4.42 Å². The lowest BCUT2D eigenvalue weighted by Gasteiger charge is -2.28. The van der Waals surface area contributed by atoms with E-state index < -0.39 is 11.9 Å². The smallest absolute Gasteiger partial charge is 0.267 e. The van der Waals surface area contributed by atoms with E-state index in [1.54, 1.807) is 25.1 Å². The van der Waals surface area contributed by atoms with Crippen molar-refractivity contribution in [2.45, 2.75) is 45.1 Å². The number of aryl methyl sites for hydroxylation is 1. The minimum absolute atomic E-state index is 0.0374. The molecule has 3 amide bonds. The number of likely N-dealkylation sites (N-methyl/N-ethyl adjacent to an activating group) is 1. The van der Waals surface area contributed by atoms with Crippen LogP contribution in [0, 0.1) is 18.3 Å². The maximum atomic E-state index is 13.5. The first-order chi connectivity index (χ1) is 17.8. The van der Waals surface area contributed by atoms with Crippen LogP contribution in [0.25, 0.3) is 11.0 Å². The van der Waals surface area contributed by atoms with E-state index >= 15 is 0 Å². The Morgan fingerprint density at radius 1 is 1.14 bits per heavy atom. The second-order valence-electron chi connectivity index (χ2n) is 9.84. The van der Waals surface area contributed by atoms with E-state index in [2.05, 4.69) is 10.6 Å². The van der Waals surface area contributed by atoms with Gasteiger partial charge in [0, 0.05) is 44.8 Å². The third-order valence-corrected chi connectivity index (χ3v) is 6.77. The average Bonchev–Trinajstić information content (AvgIpc) is 3.50. The summed E-state index contributed by atoms with van der Waals surface area (Å²) in [7, 11) is 3.14. The highest BCUT2D eigenvalue weighted by Gasteiger charge is 2.31. The predicted molar refractivity (Wildman–Crippen MR) is 139 cm³/mol. The van der Waals surface area contributed by atoms with Crippen LogP contribution in [0.15, 0.2) is 40.1 Å². The van der Waals surface area contributed by atoms with Gasteiger partial charge in [0.05, 0.1) is 6.54 Å². The van der Waals surface area contributed by atoms with E-state index in [0.29, 0.717) is 18.7 Å². The number of benzene rings is 1. The summed E-state index contributed by atoms with van der Waals surface area (Å²) in [6, 6.07) is 8.68. The molecule has 0 unspecified atom stereocenters. The predicted octanol–water partition coefficient (Wildman–Crippen LogP) is 2.57. The Morgan fingerprint density at radius 3 is 2.57 bits per heavy atom. The number of nitriles is 1. The lowest BCUT2D eigenvalue weighted by atomic mass is 10.1. The van der Waals surface area contributed by atoms with Crippen molar-refractivity contribution in [1.29, 1.82) is 5.26 Å².